The lowest BCUT2D eigenvalue weighted by Crippen LogP contribution is -2.07. The molecule has 0 aliphatic rings. The summed E-state index contributed by atoms with van der Waals surface area (Å²) in [5.41, 5.74) is 0.645. The van der Waals surface area contributed by atoms with Crippen LogP contribution in [-0.2, 0) is 16.4 Å². The fourth-order valence-electron chi connectivity index (χ4n) is 2.62. The van der Waals surface area contributed by atoms with Gasteiger partial charge in [0.1, 0.15) is 5.76 Å². The zero-order valence-electron chi connectivity index (χ0n) is 14.8. The minimum Gasteiger partial charge on any atom is -0.467 e. The zero-order valence-corrected chi connectivity index (χ0v) is 18.0. The van der Waals surface area contributed by atoms with Crippen LogP contribution >= 0.6 is 27.5 Å². The van der Waals surface area contributed by atoms with Gasteiger partial charge in [-0.15, -0.1) is 0 Å². The van der Waals surface area contributed by atoms with Crippen LogP contribution in [0.15, 0.2) is 90.2 Å². The highest BCUT2D eigenvalue weighted by atomic mass is 79.9. The molecule has 0 saturated carbocycles. The molecule has 4 rings (SSSR count). The lowest BCUT2D eigenvalue weighted by atomic mass is 10.2. The van der Waals surface area contributed by atoms with Crippen molar-refractivity contribution in [1.82, 2.24) is 4.98 Å². The first kappa shape index (κ1) is 19.8. The largest absolute Gasteiger partial charge is 0.467 e. The Morgan fingerprint density at radius 1 is 1.03 bits per heavy atom. The van der Waals surface area contributed by atoms with Gasteiger partial charge in [0.2, 0.25) is 26.6 Å². The third-order valence-corrected chi connectivity index (χ3v) is 6.53. The van der Waals surface area contributed by atoms with E-state index in [1.807, 2.05) is 12.1 Å². The number of halogens is 2. The maximum atomic E-state index is 13.2. The highest BCUT2D eigenvalue weighted by Gasteiger charge is 2.28. The summed E-state index contributed by atoms with van der Waals surface area (Å²) in [5, 5.41) is 3.20. The van der Waals surface area contributed by atoms with Crippen LogP contribution in [0.4, 0.5) is 5.88 Å². The maximum Gasteiger partial charge on any atom is 0.234 e. The van der Waals surface area contributed by atoms with E-state index in [1.165, 1.54) is 30.5 Å². The number of oxazole rings is 1. The molecular formula is C20H14BrClN2O4S. The summed E-state index contributed by atoms with van der Waals surface area (Å²) in [7, 11) is -3.94. The average Bonchev–Trinajstić information content (AvgIpc) is 3.37. The number of aromatic nitrogens is 1. The fraction of sp³-hybridized carbons (Fsp3) is 0.0500. The molecule has 0 fully saturated rings. The lowest BCUT2D eigenvalue weighted by molar-refractivity contribution is 0.511. The van der Waals surface area contributed by atoms with Crippen molar-refractivity contribution in [3.05, 3.63) is 82.2 Å². The van der Waals surface area contributed by atoms with E-state index in [2.05, 4.69) is 26.2 Å². The summed E-state index contributed by atoms with van der Waals surface area (Å²) in [6, 6.07) is 16.6. The summed E-state index contributed by atoms with van der Waals surface area (Å²) < 4.78 is 38.3. The molecular weight excluding hydrogens is 480 g/mol. The molecule has 0 saturated heterocycles. The molecule has 0 spiro atoms. The number of nitrogens with zero attached hydrogens (tertiary/aromatic N) is 1. The van der Waals surface area contributed by atoms with Crippen molar-refractivity contribution in [2.45, 2.75) is 16.5 Å². The van der Waals surface area contributed by atoms with Crippen molar-refractivity contribution in [1.29, 1.82) is 0 Å². The Balaban J connectivity index is 1.77. The fourth-order valence-corrected chi connectivity index (χ4v) is 4.29. The molecule has 0 unspecified atom stereocenters. The van der Waals surface area contributed by atoms with Gasteiger partial charge in [-0.05, 0) is 60.7 Å². The van der Waals surface area contributed by atoms with Crippen molar-refractivity contribution in [2.24, 2.45) is 0 Å². The number of anilines is 1. The van der Waals surface area contributed by atoms with Crippen LogP contribution in [0, 0.1) is 0 Å². The van der Waals surface area contributed by atoms with E-state index in [-0.39, 0.29) is 28.2 Å². The van der Waals surface area contributed by atoms with Crippen molar-refractivity contribution in [3.63, 3.8) is 0 Å². The van der Waals surface area contributed by atoms with Gasteiger partial charge in [-0.1, -0.05) is 27.5 Å². The number of hydrogen-bond donors (Lipinski definition) is 1. The summed E-state index contributed by atoms with van der Waals surface area (Å²) in [4.78, 5) is 4.35. The molecule has 0 aliphatic carbocycles. The standard InChI is InChI=1S/C20H14BrClN2O4S/c21-14-5-3-13(4-6-14)18-24-20(19(28-18)23-12-16-2-1-11-27-16)29(25,26)17-9-7-15(22)8-10-17/h1-11,23H,12H2. The first-order valence-corrected chi connectivity index (χ1v) is 11.1. The maximum absolute atomic E-state index is 13.2. The van der Waals surface area contributed by atoms with Gasteiger partial charge in [0, 0.05) is 15.1 Å². The number of nitrogens with one attached hydrogen (secondary N) is 1. The van der Waals surface area contributed by atoms with Crippen molar-refractivity contribution < 1.29 is 17.3 Å². The van der Waals surface area contributed by atoms with Crippen LogP contribution in [0.5, 0.6) is 0 Å². The molecule has 148 valence electrons. The summed E-state index contributed by atoms with van der Waals surface area (Å²) in [6.45, 7) is 0.241. The Morgan fingerprint density at radius 3 is 2.41 bits per heavy atom. The quantitative estimate of drug-likeness (QED) is 0.366. The molecule has 0 radical (unpaired) electrons. The first-order chi connectivity index (χ1) is 13.9. The lowest BCUT2D eigenvalue weighted by Gasteiger charge is -2.05. The van der Waals surface area contributed by atoms with Gasteiger partial charge in [-0.2, -0.15) is 4.98 Å². The number of furan rings is 1. The van der Waals surface area contributed by atoms with E-state index in [0.717, 1.165) is 4.47 Å². The van der Waals surface area contributed by atoms with E-state index in [0.29, 0.717) is 16.3 Å². The minimum atomic E-state index is -3.94. The van der Waals surface area contributed by atoms with Gasteiger partial charge in [-0.3, -0.25) is 0 Å². The molecule has 29 heavy (non-hydrogen) atoms. The topological polar surface area (TPSA) is 85.3 Å². The van der Waals surface area contributed by atoms with Gasteiger partial charge in [0.15, 0.2) is 0 Å². The van der Waals surface area contributed by atoms with Crippen molar-refractivity contribution in [2.75, 3.05) is 5.32 Å². The van der Waals surface area contributed by atoms with E-state index < -0.39 is 9.84 Å². The molecule has 0 aliphatic heterocycles. The Hall–Kier alpha value is -2.55. The number of hydrogen-bond acceptors (Lipinski definition) is 6. The molecule has 4 aromatic rings. The van der Waals surface area contributed by atoms with Gasteiger partial charge in [0.25, 0.3) is 0 Å². The highest BCUT2D eigenvalue weighted by molar-refractivity contribution is 9.10. The minimum absolute atomic E-state index is 0.0364. The molecule has 1 N–H and O–H groups in total. The second-order valence-electron chi connectivity index (χ2n) is 6.05. The van der Waals surface area contributed by atoms with Crippen LogP contribution in [0.2, 0.25) is 5.02 Å². The van der Waals surface area contributed by atoms with E-state index in [9.17, 15) is 8.42 Å². The molecule has 0 atom stereocenters. The van der Waals surface area contributed by atoms with Crippen molar-refractivity contribution in [3.8, 4) is 11.5 Å². The second-order valence-corrected chi connectivity index (χ2v) is 9.27. The van der Waals surface area contributed by atoms with E-state index >= 15 is 0 Å². The van der Waals surface area contributed by atoms with Crippen LogP contribution in [0.25, 0.3) is 11.5 Å². The van der Waals surface area contributed by atoms with Crippen molar-refractivity contribution >= 4 is 43.3 Å². The van der Waals surface area contributed by atoms with Gasteiger partial charge >= 0.3 is 0 Å². The molecule has 2 aromatic carbocycles. The van der Waals surface area contributed by atoms with Gasteiger partial charge in [-0.25, -0.2) is 8.42 Å². The summed E-state index contributed by atoms with van der Waals surface area (Å²) >= 11 is 9.26. The SMILES string of the molecule is O=S(=O)(c1ccc(Cl)cc1)c1nc(-c2ccc(Br)cc2)oc1NCc1ccco1. The first-order valence-electron chi connectivity index (χ1n) is 8.47. The number of rotatable bonds is 6. The molecule has 9 heteroatoms. The predicted molar refractivity (Wildman–Crippen MR) is 113 cm³/mol. The third kappa shape index (κ3) is 4.24. The Bertz CT molecular complexity index is 1220. The zero-order chi connectivity index (χ0) is 20.4. The molecule has 2 aromatic heterocycles. The Kier molecular flexibility index (Phi) is 5.49. The number of sulfone groups is 1. The molecule has 6 nitrogen and oxygen atoms in total. The van der Waals surface area contributed by atoms with Crippen LogP contribution < -0.4 is 5.32 Å². The number of benzene rings is 2. The van der Waals surface area contributed by atoms with E-state index in [1.54, 1.807) is 24.3 Å². The summed E-state index contributed by atoms with van der Waals surface area (Å²) in [5.74, 6) is 0.850. The predicted octanol–water partition coefficient (Wildman–Crippen LogP) is 5.80. The van der Waals surface area contributed by atoms with Crippen LogP contribution in [0.1, 0.15) is 5.76 Å². The third-order valence-electron chi connectivity index (χ3n) is 4.07. The molecule has 2 heterocycles. The Morgan fingerprint density at radius 2 is 1.76 bits per heavy atom. The Labute approximate surface area is 180 Å². The van der Waals surface area contributed by atoms with Crippen LogP contribution in [0.3, 0.4) is 0 Å². The smallest absolute Gasteiger partial charge is 0.234 e. The second kappa shape index (κ2) is 8.06. The monoisotopic (exact) mass is 492 g/mol. The molecule has 0 bridgehead atoms. The average molecular weight is 494 g/mol. The van der Waals surface area contributed by atoms with Crippen LogP contribution in [-0.4, -0.2) is 13.4 Å². The highest BCUT2D eigenvalue weighted by Crippen LogP contribution is 2.33. The van der Waals surface area contributed by atoms with Gasteiger partial charge < -0.3 is 14.2 Å². The molecule has 0 amide bonds. The van der Waals surface area contributed by atoms with E-state index in [4.69, 9.17) is 20.4 Å². The normalized spacial score (nSPS) is 11.5. The van der Waals surface area contributed by atoms with Gasteiger partial charge in [0.05, 0.1) is 17.7 Å². The summed E-state index contributed by atoms with van der Waals surface area (Å²) in [6.07, 6.45) is 1.54.